The van der Waals surface area contributed by atoms with Crippen molar-refractivity contribution in [1.82, 2.24) is 4.90 Å². The first-order chi connectivity index (χ1) is 10.3. The fourth-order valence-electron chi connectivity index (χ4n) is 4.81. The predicted octanol–water partition coefficient (Wildman–Crippen LogP) is 2.83. The SMILES string of the molecule is Nc1ccc(N2CCN(CC3CC4CCC3C4)CC2)cc1. The average Bonchev–Trinajstić information content (AvgIpc) is 3.12. The van der Waals surface area contributed by atoms with E-state index in [1.165, 1.54) is 51.0 Å². The minimum atomic E-state index is 0.855. The van der Waals surface area contributed by atoms with Crippen LogP contribution in [0, 0.1) is 17.8 Å². The minimum Gasteiger partial charge on any atom is -0.399 e. The van der Waals surface area contributed by atoms with E-state index in [0.29, 0.717) is 0 Å². The Morgan fingerprint density at radius 1 is 0.952 bits per heavy atom. The van der Waals surface area contributed by atoms with Crippen LogP contribution in [0.5, 0.6) is 0 Å². The fourth-order valence-corrected chi connectivity index (χ4v) is 4.81. The molecule has 2 bridgehead atoms. The van der Waals surface area contributed by atoms with Crippen molar-refractivity contribution in [3.63, 3.8) is 0 Å². The van der Waals surface area contributed by atoms with Crippen molar-refractivity contribution in [2.24, 2.45) is 17.8 Å². The van der Waals surface area contributed by atoms with Crippen molar-refractivity contribution in [1.29, 1.82) is 0 Å². The Bertz CT molecular complexity index is 476. The Morgan fingerprint density at radius 2 is 1.71 bits per heavy atom. The van der Waals surface area contributed by atoms with E-state index in [4.69, 9.17) is 5.73 Å². The van der Waals surface area contributed by atoms with E-state index >= 15 is 0 Å². The van der Waals surface area contributed by atoms with E-state index in [-0.39, 0.29) is 0 Å². The smallest absolute Gasteiger partial charge is 0.0368 e. The number of rotatable bonds is 3. The molecule has 3 nitrogen and oxygen atoms in total. The maximum atomic E-state index is 5.77. The van der Waals surface area contributed by atoms with Gasteiger partial charge in [-0.05, 0) is 61.3 Å². The van der Waals surface area contributed by atoms with Gasteiger partial charge in [0, 0.05) is 44.1 Å². The fraction of sp³-hybridized carbons (Fsp3) is 0.667. The first-order valence-electron chi connectivity index (χ1n) is 8.61. The van der Waals surface area contributed by atoms with E-state index < -0.39 is 0 Å². The third kappa shape index (κ3) is 2.76. The molecule has 1 aromatic rings. The third-order valence-corrected chi connectivity index (χ3v) is 6.01. The average molecular weight is 285 g/mol. The number of nitrogen functional groups attached to an aromatic ring is 1. The largest absolute Gasteiger partial charge is 0.399 e. The molecule has 2 N–H and O–H groups in total. The second kappa shape index (κ2) is 5.53. The van der Waals surface area contributed by atoms with E-state index in [1.54, 1.807) is 0 Å². The highest BCUT2D eigenvalue weighted by Gasteiger charge is 2.40. The minimum absolute atomic E-state index is 0.855. The summed E-state index contributed by atoms with van der Waals surface area (Å²) in [6, 6.07) is 8.33. The van der Waals surface area contributed by atoms with E-state index in [0.717, 1.165) is 36.5 Å². The molecule has 0 amide bonds. The van der Waals surface area contributed by atoms with Crippen molar-refractivity contribution >= 4 is 11.4 Å². The van der Waals surface area contributed by atoms with Gasteiger partial charge < -0.3 is 10.6 Å². The van der Waals surface area contributed by atoms with E-state index in [9.17, 15) is 0 Å². The van der Waals surface area contributed by atoms with Crippen LogP contribution in [0.2, 0.25) is 0 Å². The zero-order chi connectivity index (χ0) is 14.2. The van der Waals surface area contributed by atoms with Crippen LogP contribution < -0.4 is 10.6 Å². The predicted molar refractivity (Wildman–Crippen MR) is 88.4 cm³/mol. The highest BCUT2D eigenvalue weighted by molar-refractivity contribution is 5.53. The number of hydrogen-bond acceptors (Lipinski definition) is 3. The van der Waals surface area contributed by atoms with Gasteiger partial charge in [0.05, 0.1) is 0 Å². The van der Waals surface area contributed by atoms with Crippen LogP contribution in [0.25, 0.3) is 0 Å². The summed E-state index contributed by atoms with van der Waals surface area (Å²) in [5, 5.41) is 0. The monoisotopic (exact) mass is 285 g/mol. The maximum absolute atomic E-state index is 5.77. The van der Waals surface area contributed by atoms with Crippen LogP contribution in [0.4, 0.5) is 11.4 Å². The Morgan fingerprint density at radius 3 is 2.33 bits per heavy atom. The van der Waals surface area contributed by atoms with Gasteiger partial charge in [0.1, 0.15) is 0 Å². The van der Waals surface area contributed by atoms with Gasteiger partial charge in [-0.2, -0.15) is 0 Å². The normalized spacial score (nSPS) is 32.8. The van der Waals surface area contributed by atoms with Crippen LogP contribution in [-0.4, -0.2) is 37.6 Å². The first kappa shape index (κ1) is 13.4. The van der Waals surface area contributed by atoms with Gasteiger partial charge in [-0.25, -0.2) is 0 Å². The molecule has 0 spiro atoms. The molecule has 3 fully saturated rings. The second-order valence-corrected chi connectivity index (χ2v) is 7.31. The lowest BCUT2D eigenvalue weighted by Gasteiger charge is -2.38. The summed E-state index contributed by atoms with van der Waals surface area (Å²) in [4.78, 5) is 5.20. The van der Waals surface area contributed by atoms with Crippen LogP contribution in [0.1, 0.15) is 25.7 Å². The molecule has 3 heteroatoms. The lowest BCUT2D eigenvalue weighted by atomic mass is 9.88. The van der Waals surface area contributed by atoms with Crippen molar-refractivity contribution < 1.29 is 0 Å². The quantitative estimate of drug-likeness (QED) is 0.867. The topological polar surface area (TPSA) is 32.5 Å². The zero-order valence-corrected chi connectivity index (χ0v) is 12.9. The number of piperazine rings is 1. The molecule has 2 saturated carbocycles. The number of fused-ring (bicyclic) bond motifs is 2. The summed E-state index contributed by atoms with van der Waals surface area (Å²) in [6.45, 7) is 6.11. The van der Waals surface area contributed by atoms with Crippen molar-refractivity contribution in [3.05, 3.63) is 24.3 Å². The number of hydrogen-bond donors (Lipinski definition) is 1. The highest BCUT2D eigenvalue weighted by atomic mass is 15.3. The molecule has 4 rings (SSSR count). The summed E-state index contributed by atoms with van der Waals surface area (Å²) >= 11 is 0. The molecular weight excluding hydrogens is 258 g/mol. The molecule has 3 aliphatic rings. The number of benzene rings is 1. The second-order valence-electron chi connectivity index (χ2n) is 7.31. The molecule has 1 aliphatic heterocycles. The molecule has 1 heterocycles. The van der Waals surface area contributed by atoms with Gasteiger partial charge in [0.2, 0.25) is 0 Å². The highest BCUT2D eigenvalue weighted by Crippen LogP contribution is 2.48. The molecule has 3 atom stereocenters. The van der Waals surface area contributed by atoms with Gasteiger partial charge in [-0.1, -0.05) is 6.42 Å². The summed E-state index contributed by atoms with van der Waals surface area (Å²) in [7, 11) is 0. The maximum Gasteiger partial charge on any atom is 0.0368 e. The van der Waals surface area contributed by atoms with Gasteiger partial charge in [-0.3, -0.25) is 4.90 Å². The van der Waals surface area contributed by atoms with E-state index in [1.807, 2.05) is 12.1 Å². The number of anilines is 2. The van der Waals surface area contributed by atoms with Gasteiger partial charge in [-0.15, -0.1) is 0 Å². The summed E-state index contributed by atoms with van der Waals surface area (Å²) in [5.74, 6) is 3.15. The molecule has 114 valence electrons. The lowest BCUT2D eigenvalue weighted by molar-refractivity contribution is 0.182. The van der Waals surface area contributed by atoms with Crippen LogP contribution >= 0.6 is 0 Å². The molecule has 1 saturated heterocycles. The van der Waals surface area contributed by atoms with E-state index in [2.05, 4.69) is 21.9 Å². The van der Waals surface area contributed by atoms with Crippen LogP contribution in [0.15, 0.2) is 24.3 Å². The molecular formula is C18H27N3. The molecule has 3 unspecified atom stereocenters. The summed E-state index contributed by atoms with van der Waals surface area (Å²) in [5.41, 5.74) is 7.95. The van der Waals surface area contributed by atoms with Gasteiger partial charge in [0.25, 0.3) is 0 Å². The Labute approximate surface area is 128 Å². The van der Waals surface area contributed by atoms with Gasteiger partial charge in [0.15, 0.2) is 0 Å². The van der Waals surface area contributed by atoms with Crippen molar-refractivity contribution in [2.75, 3.05) is 43.4 Å². The molecule has 1 aromatic carbocycles. The third-order valence-electron chi connectivity index (χ3n) is 6.01. The van der Waals surface area contributed by atoms with Gasteiger partial charge >= 0.3 is 0 Å². The van der Waals surface area contributed by atoms with Crippen LogP contribution in [0.3, 0.4) is 0 Å². The molecule has 2 aliphatic carbocycles. The Balaban J connectivity index is 1.29. The number of nitrogens with zero attached hydrogens (tertiary/aromatic N) is 2. The zero-order valence-electron chi connectivity index (χ0n) is 12.9. The molecule has 0 aromatic heterocycles. The van der Waals surface area contributed by atoms with Crippen molar-refractivity contribution in [3.8, 4) is 0 Å². The number of nitrogens with two attached hydrogens (primary N) is 1. The first-order valence-corrected chi connectivity index (χ1v) is 8.61. The summed E-state index contributed by atoms with van der Waals surface area (Å²) < 4.78 is 0. The lowest BCUT2D eigenvalue weighted by Crippen LogP contribution is -2.48. The Kier molecular flexibility index (Phi) is 3.54. The van der Waals surface area contributed by atoms with Crippen LogP contribution in [-0.2, 0) is 0 Å². The Hall–Kier alpha value is -1.22. The standard InChI is InChI=1S/C18H27N3/c19-17-3-5-18(6-4-17)21-9-7-20(8-10-21)13-16-12-14-1-2-15(16)11-14/h3-6,14-16H,1-2,7-13,19H2. The molecule has 0 radical (unpaired) electrons. The molecule has 21 heavy (non-hydrogen) atoms. The van der Waals surface area contributed by atoms with Crippen molar-refractivity contribution in [2.45, 2.75) is 25.7 Å². The summed E-state index contributed by atoms with van der Waals surface area (Å²) in [6.07, 6.45) is 6.09.